The lowest BCUT2D eigenvalue weighted by molar-refractivity contribution is 0.0934. The first-order chi connectivity index (χ1) is 9.56. The van der Waals surface area contributed by atoms with Gasteiger partial charge in [-0.2, -0.15) is 0 Å². The number of ether oxygens (including phenoxy) is 1. The Morgan fingerprint density at radius 2 is 2.25 bits per heavy atom. The number of aliphatic hydroxyl groups is 1. The number of rotatable bonds is 5. The Kier molecular flexibility index (Phi) is 4.29. The molecule has 0 bridgehead atoms. The molecule has 0 saturated carbocycles. The van der Waals surface area contributed by atoms with Crippen LogP contribution in [0.1, 0.15) is 29.5 Å². The third kappa shape index (κ3) is 2.77. The molecule has 5 heteroatoms. The average Bonchev–Trinajstić information content (AvgIpc) is 2.73. The molecule has 1 atom stereocenters. The van der Waals surface area contributed by atoms with E-state index >= 15 is 0 Å². The van der Waals surface area contributed by atoms with Crippen LogP contribution in [0.2, 0.25) is 0 Å². The molecule has 0 radical (unpaired) electrons. The minimum absolute atomic E-state index is 0.0420. The van der Waals surface area contributed by atoms with Crippen LogP contribution in [-0.4, -0.2) is 30.8 Å². The van der Waals surface area contributed by atoms with Gasteiger partial charge >= 0.3 is 0 Å². The first kappa shape index (κ1) is 14.4. The lowest BCUT2D eigenvalue weighted by atomic mass is 10.1. The molecular formula is C15H19NO4. The van der Waals surface area contributed by atoms with Gasteiger partial charge in [-0.3, -0.25) is 4.79 Å². The number of carbonyl (C=O) groups is 1. The molecule has 0 spiro atoms. The molecule has 108 valence electrons. The second-order valence-electron chi connectivity index (χ2n) is 4.78. The van der Waals surface area contributed by atoms with Crippen LogP contribution in [0.25, 0.3) is 11.0 Å². The zero-order chi connectivity index (χ0) is 14.7. The van der Waals surface area contributed by atoms with Gasteiger partial charge in [0.05, 0.1) is 12.7 Å². The van der Waals surface area contributed by atoms with Crippen LogP contribution in [0.4, 0.5) is 0 Å². The van der Waals surface area contributed by atoms with Crippen LogP contribution >= 0.6 is 0 Å². The lowest BCUT2D eigenvalue weighted by Crippen LogP contribution is -2.33. The molecule has 0 aliphatic carbocycles. The van der Waals surface area contributed by atoms with Crippen molar-refractivity contribution in [3.8, 4) is 5.75 Å². The maximum atomic E-state index is 12.3. The Labute approximate surface area is 117 Å². The molecule has 1 aromatic heterocycles. The number of amides is 1. The summed E-state index contributed by atoms with van der Waals surface area (Å²) in [5.41, 5.74) is 1.17. The Hall–Kier alpha value is -2.01. The van der Waals surface area contributed by atoms with E-state index in [1.165, 1.54) is 0 Å². The number of fused-ring (bicyclic) bond motifs is 1. The average molecular weight is 277 g/mol. The van der Waals surface area contributed by atoms with Crippen LogP contribution in [-0.2, 0) is 0 Å². The lowest BCUT2D eigenvalue weighted by Gasteiger charge is -2.12. The Morgan fingerprint density at radius 1 is 1.50 bits per heavy atom. The second kappa shape index (κ2) is 5.96. The largest absolute Gasteiger partial charge is 0.497 e. The van der Waals surface area contributed by atoms with Gasteiger partial charge in [0.25, 0.3) is 5.91 Å². The molecule has 0 fully saturated rings. The van der Waals surface area contributed by atoms with Crippen molar-refractivity contribution in [2.75, 3.05) is 13.7 Å². The van der Waals surface area contributed by atoms with Gasteiger partial charge in [-0.15, -0.1) is 0 Å². The maximum Gasteiger partial charge on any atom is 0.255 e. The van der Waals surface area contributed by atoms with Gasteiger partial charge in [0.1, 0.15) is 17.1 Å². The highest BCUT2D eigenvalue weighted by Gasteiger charge is 2.19. The monoisotopic (exact) mass is 277 g/mol. The van der Waals surface area contributed by atoms with Crippen molar-refractivity contribution in [3.05, 3.63) is 29.5 Å². The molecular weight excluding hydrogens is 258 g/mol. The minimum Gasteiger partial charge on any atom is -0.497 e. The number of benzene rings is 1. The minimum atomic E-state index is -0.199. The quantitative estimate of drug-likeness (QED) is 0.879. The highest BCUT2D eigenvalue weighted by atomic mass is 16.5. The number of aliphatic hydroxyl groups excluding tert-OH is 1. The molecule has 1 aromatic carbocycles. The standard InChI is InChI=1S/C15H19NO4/c1-9(6-7-17)16-15(18)14-10(2)20-13-5-4-11(19-3)8-12(13)14/h4-5,8-9,17H,6-7H2,1-3H3,(H,16,18). The number of aryl methyl sites for hydroxylation is 1. The van der Waals surface area contributed by atoms with Crippen LogP contribution < -0.4 is 10.1 Å². The molecule has 2 aromatic rings. The van der Waals surface area contributed by atoms with Gasteiger partial charge in [0.2, 0.25) is 0 Å². The summed E-state index contributed by atoms with van der Waals surface area (Å²) in [7, 11) is 1.58. The topological polar surface area (TPSA) is 71.7 Å². The van der Waals surface area contributed by atoms with E-state index in [0.717, 1.165) is 5.39 Å². The van der Waals surface area contributed by atoms with Crippen molar-refractivity contribution >= 4 is 16.9 Å². The van der Waals surface area contributed by atoms with E-state index in [2.05, 4.69) is 5.32 Å². The molecule has 1 unspecified atom stereocenters. The predicted molar refractivity (Wildman–Crippen MR) is 76.1 cm³/mol. The number of hydrogen-bond acceptors (Lipinski definition) is 4. The SMILES string of the molecule is COc1ccc2oc(C)c(C(=O)NC(C)CCO)c2c1. The van der Waals surface area contributed by atoms with Gasteiger partial charge in [-0.1, -0.05) is 0 Å². The van der Waals surface area contributed by atoms with E-state index in [9.17, 15) is 4.79 Å². The predicted octanol–water partition coefficient (Wildman–Crippen LogP) is 2.25. The molecule has 2 N–H and O–H groups in total. The number of methoxy groups -OCH3 is 1. The van der Waals surface area contributed by atoms with Crippen LogP contribution in [0, 0.1) is 6.92 Å². The van der Waals surface area contributed by atoms with Crippen LogP contribution in [0.5, 0.6) is 5.75 Å². The fourth-order valence-corrected chi connectivity index (χ4v) is 2.17. The molecule has 0 aliphatic rings. The summed E-state index contributed by atoms with van der Waals surface area (Å²) < 4.78 is 10.8. The molecule has 1 heterocycles. The van der Waals surface area contributed by atoms with Crippen molar-refractivity contribution in [2.24, 2.45) is 0 Å². The van der Waals surface area contributed by atoms with Crippen molar-refractivity contribution in [3.63, 3.8) is 0 Å². The van der Waals surface area contributed by atoms with Gasteiger partial charge in [0.15, 0.2) is 0 Å². The first-order valence-electron chi connectivity index (χ1n) is 6.55. The summed E-state index contributed by atoms with van der Waals surface area (Å²) in [5.74, 6) is 1.05. The van der Waals surface area contributed by atoms with E-state index in [4.69, 9.17) is 14.3 Å². The molecule has 0 saturated heterocycles. The van der Waals surface area contributed by atoms with Crippen molar-refractivity contribution in [1.82, 2.24) is 5.32 Å². The summed E-state index contributed by atoms with van der Waals surface area (Å²) in [5, 5.41) is 12.5. The van der Waals surface area contributed by atoms with Crippen molar-refractivity contribution < 1.29 is 19.1 Å². The molecule has 2 rings (SSSR count). The second-order valence-corrected chi connectivity index (χ2v) is 4.78. The van der Waals surface area contributed by atoms with E-state index in [-0.39, 0.29) is 18.6 Å². The van der Waals surface area contributed by atoms with E-state index in [0.29, 0.717) is 29.1 Å². The molecule has 20 heavy (non-hydrogen) atoms. The fourth-order valence-electron chi connectivity index (χ4n) is 2.17. The fraction of sp³-hybridized carbons (Fsp3) is 0.400. The van der Waals surface area contributed by atoms with Crippen LogP contribution in [0.15, 0.2) is 22.6 Å². The molecule has 5 nitrogen and oxygen atoms in total. The zero-order valence-corrected chi connectivity index (χ0v) is 11.9. The molecule has 1 amide bonds. The maximum absolute atomic E-state index is 12.3. The molecule has 0 aliphatic heterocycles. The Bertz CT molecular complexity index is 618. The van der Waals surface area contributed by atoms with Crippen LogP contribution in [0.3, 0.4) is 0 Å². The summed E-state index contributed by atoms with van der Waals surface area (Å²) in [6, 6.07) is 5.27. The summed E-state index contributed by atoms with van der Waals surface area (Å²) in [6.45, 7) is 3.66. The van der Waals surface area contributed by atoms with Gasteiger partial charge < -0.3 is 19.6 Å². The van der Waals surface area contributed by atoms with E-state index < -0.39 is 0 Å². The number of nitrogens with one attached hydrogen (secondary N) is 1. The summed E-state index contributed by atoms with van der Waals surface area (Å²) >= 11 is 0. The zero-order valence-electron chi connectivity index (χ0n) is 11.9. The highest BCUT2D eigenvalue weighted by molar-refractivity contribution is 6.07. The Morgan fingerprint density at radius 3 is 2.90 bits per heavy atom. The van der Waals surface area contributed by atoms with Crippen molar-refractivity contribution in [1.29, 1.82) is 0 Å². The smallest absolute Gasteiger partial charge is 0.255 e. The van der Waals surface area contributed by atoms with Crippen molar-refractivity contribution in [2.45, 2.75) is 26.3 Å². The van der Waals surface area contributed by atoms with Gasteiger partial charge in [0, 0.05) is 18.0 Å². The van der Waals surface area contributed by atoms with E-state index in [1.54, 1.807) is 32.2 Å². The number of hydrogen-bond donors (Lipinski definition) is 2. The number of furan rings is 1. The van der Waals surface area contributed by atoms with Gasteiger partial charge in [-0.05, 0) is 38.5 Å². The van der Waals surface area contributed by atoms with E-state index in [1.807, 2.05) is 6.92 Å². The highest BCUT2D eigenvalue weighted by Crippen LogP contribution is 2.29. The number of carbonyl (C=O) groups excluding carboxylic acids is 1. The first-order valence-corrected chi connectivity index (χ1v) is 6.55. The summed E-state index contributed by atoms with van der Waals surface area (Å²) in [6.07, 6.45) is 0.518. The third-order valence-electron chi connectivity index (χ3n) is 3.24. The van der Waals surface area contributed by atoms with Gasteiger partial charge in [-0.25, -0.2) is 0 Å². The Balaban J connectivity index is 2.37. The summed E-state index contributed by atoms with van der Waals surface area (Å²) in [4.78, 5) is 12.3. The third-order valence-corrected chi connectivity index (χ3v) is 3.24. The normalized spacial score (nSPS) is 12.4.